The lowest BCUT2D eigenvalue weighted by Crippen LogP contribution is -2.19. The number of benzene rings is 2. The van der Waals surface area contributed by atoms with Gasteiger partial charge in [0.25, 0.3) is 11.8 Å². The van der Waals surface area contributed by atoms with Gasteiger partial charge in [0, 0.05) is 11.3 Å². The molecule has 0 aliphatic heterocycles. The summed E-state index contributed by atoms with van der Waals surface area (Å²) in [5.41, 5.74) is 6.32. The zero-order valence-corrected chi connectivity index (χ0v) is 15.8. The maximum atomic E-state index is 12.2. The number of rotatable bonds is 5. The van der Waals surface area contributed by atoms with Crippen molar-refractivity contribution in [2.24, 2.45) is 5.10 Å². The van der Waals surface area contributed by atoms with Crippen LogP contribution in [-0.2, 0) is 0 Å². The summed E-state index contributed by atoms with van der Waals surface area (Å²) in [4.78, 5) is 25.0. The molecular weight excluding hydrogens is 358 g/mol. The van der Waals surface area contributed by atoms with Crippen LogP contribution in [0.5, 0.6) is 0 Å². The Kier molecular flexibility index (Phi) is 5.78. The van der Waals surface area contributed by atoms with Crippen molar-refractivity contribution < 1.29 is 9.59 Å². The standard InChI is InChI=1S/C21H19N3O2S/c1-14-8-10-16(11-9-14)20(25)24-23-15(2)17-5-3-6-18(13-17)22-21(26)19-7-4-12-27-19/h3-13H,1-2H3,(H,22,26)(H,24,25). The summed E-state index contributed by atoms with van der Waals surface area (Å²) in [6.07, 6.45) is 0. The summed E-state index contributed by atoms with van der Waals surface area (Å²) in [5.74, 6) is -0.416. The highest BCUT2D eigenvalue weighted by Gasteiger charge is 2.08. The number of carbonyl (C=O) groups is 2. The minimum Gasteiger partial charge on any atom is -0.321 e. The van der Waals surface area contributed by atoms with Crippen LogP contribution in [0.25, 0.3) is 0 Å². The van der Waals surface area contributed by atoms with Crippen molar-refractivity contribution in [1.29, 1.82) is 0 Å². The molecule has 136 valence electrons. The van der Waals surface area contributed by atoms with Crippen LogP contribution < -0.4 is 10.7 Å². The van der Waals surface area contributed by atoms with E-state index < -0.39 is 0 Å². The number of carbonyl (C=O) groups excluding carboxylic acids is 2. The van der Waals surface area contributed by atoms with Gasteiger partial charge in [-0.2, -0.15) is 5.10 Å². The molecule has 0 unspecified atom stereocenters. The van der Waals surface area contributed by atoms with Crippen LogP contribution >= 0.6 is 11.3 Å². The fourth-order valence-corrected chi connectivity index (χ4v) is 3.01. The second-order valence-electron chi connectivity index (χ2n) is 6.02. The van der Waals surface area contributed by atoms with Crippen molar-refractivity contribution >= 4 is 34.6 Å². The molecule has 0 aliphatic rings. The fourth-order valence-electron chi connectivity index (χ4n) is 2.39. The third-order valence-corrected chi connectivity index (χ3v) is 4.79. The van der Waals surface area contributed by atoms with Crippen LogP contribution in [0.3, 0.4) is 0 Å². The summed E-state index contributed by atoms with van der Waals surface area (Å²) in [6, 6.07) is 18.2. The molecule has 27 heavy (non-hydrogen) atoms. The molecule has 2 N–H and O–H groups in total. The minimum absolute atomic E-state index is 0.149. The predicted molar refractivity (Wildman–Crippen MR) is 110 cm³/mol. The number of amides is 2. The summed E-state index contributed by atoms with van der Waals surface area (Å²) in [6.45, 7) is 3.77. The van der Waals surface area contributed by atoms with Crippen LogP contribution in [0.4, 0.5) is 5.69 Å². The van der Waals surface area contributed by atoms with Crippen LogP contribution in [0.15, 0.2) is 71.1 Å². The van der Waals surface area contributed by atoms with Crippen LogP contribution in [0.1, 0.15) is 38.1 Å². The second kappa shape index (κ2) is 8.42. The van der Waals surface area contributed by atoms with Crippen molar-refractivity contribution in [2.75, 3.05) is 5.32 Å². The number of nitrogens with one attached hydrogen (secondary N) is 2. The fraction of sp³-hybridized carbons (Fsp3) is 0.0952. The zero-order chi connectivity index (χ0) is 19.2. The SMILES string of the molecule is CC(=NNC(=O)c1ccc(C)cc1)c1cccc(NC(=O)c2cccs2)c1. The molecule has 0 bridgehead atoms. The summed E-state index contributed by atoms with van der Waals surface area (Å²) in [7, 11) is 0. The topological polar surface area (TPSA) is 70.6 Å². The molecule has 1 heterocycles. The Morgan fingerprint density at radius 3 is 2.41 bits per heavy atom. The number of anilines is 1. The average molecular weight is 377 g/mol. The monoisotopic (exact) mass is 377 g/mol. The van der Waals surface area contributed by atoms with Gasteiger partial charge in [0.1, 0.15) is 0 Å². The molecule has 3 rings (SSSR count). The lowest BCUT2D eigenvalue weighted by Gasteiger charge is -2.07. The smallest absolute Gasteiger partial charge is 0.271 e. The second-order valence-corrected chi connectivity index (χ2v) is 6.96. The quantitative estimate of drug-likeness (QED) is 0.509. The third-order valence-electron chi connectivity index (χ3n) is 3.92. The van der Waals surface area contributed by atoms with Crippen molar-refractivity contribution in [3.05, 3.63) is 87.6 Å². The largest absolute Gasteiger partial charge is 0.321 e. The maximum absolute atomic E-state index is 12.2. The first-order chi connectivity index (χ1) is 13.0. The molecule has 0 aliphatic carbocycles. The molecule has 0 fully saturated rings. The third kappa shape index (κ3) is 4.89. The van der Waals surface area contributed by atoms with Crippen molar-refractivity contribution in [2.45, 2.75) is 13.8 Å². The van der Waals surface area contributed by atoms with E-state index in [-0.39, 0.29) is 11.8 Å². The van der Waals surface area contributed by atoms with E-state index in [0.29, 0.717) is 21.8 Å². The number of hydrazone groups is 1. The van der Waals surface area contributed by atoms with E-state index in [2.05, 4.69) is 15.8 Å². The van der Waals surface area contributed by atoms with Crippen LogP contribution in [-0.4, -0.2) is 17.5 Å². The Bertz CT molecular complexity index is 977. The van der Waals surface area contributed by atoms with E-state index in [4.69, 9.17) is 0 Å². The van der Waals surface area contributed by atoms with Gasteiger partial charge in [0.15, 0.2) is 0 Å². The number of hydrogen-bond donors (Lipinski definition) is 2. The molecule has 5 nitrogen and oxygen atoms in total. The molecular formula is C21H19N3O2S. The molecule has 1 aromatic heterocycles. The maximum Gasteiger partial charge on any atom is 0.271 e. The molecule has 0 saturated carbocycles. The molecule has 3 aromatic rings. The predicted octanol–water partition coefficient (Wildman–Crippen LogP) is 4.46. The van der Waals surface area contributed by atoms with Crippen LogP contribution in [0, 0.1) is 6.92 Å². The highest BCUT2D eigenvalue weighted by Crippen LogP contribution is 2.15. The van der Waals surface area contributed by atoms with Crippen molar-refractivity contribution in [3.63, 3.8) is 0 Å². The number of aryl methyl sites for hydroxylation is 1. The highest BCUT2D eigenvalue weighted by atomic mass is 32.1. The van der Waals surface area contributed by atoms with Gasteiger partial charge in [0.05, 0.1) is 10.6 Å². The Morgan fingerprint density at radius 1 is 0.926 bits per heavy atom. The number of hydrogen-bond acceptors (Lipinski definition) is 4. The molecule has 0 spiro atoms. The van der Waals surface area contributed by atoms with Gasteiger partial charge < -0.3 is 5.32 Å². The van der Waals surface area contributed by atoms with E-state index in [9.17, 15) is 9.59 Å². The Morgan fingerprint density at radius 2 is 1.70 bits per heavy atom. The lowest BCUT2D eigenvalue weighted by molar-refractivity contribution is 0.0954. The zero-order valence-electron chi connectivity index (χ0n) is 15.0. The van der Waals surface area contributed by atoms with Gasteiger partial charge in [-0.15, -0.1) is 11.3 Å². The van der Waals surface area contributed by atoms with Gasteiger partial charge in [0.2, 0.25) is 0 Å². The first-order valence-corrected chi connectivity index (χ1v) is 9.27. The number of thiophene rings is 1. The van der Waals surface area contributed by atoms with Crippen molar-refractivity contribution in [3.8, 4) is 0 Å². The first-order valence-electron chi connectivity index (χ1n) is 8.39. The molecule has 2 aromatic carbocycles. The van der Waals surface area contributed by atoms with E-state index in [1.54, 1.807) is 25.1 Å². The van der Waals surface area contributed by atoms with E-state index >= 15 is 0 Å². The van der Waals surface area contributed by atoms with Crippen LogP contribution in [0.2, 0.25) is 0 Å². The van der Waals surface area contributed by atoms with E-state index in [0.717, 1.165) is 11.1 Å². The summed E-state index contributed by atoms with van der Waals surface area (Å²) < 4.78 is 0. The molecule has 0 atom stereocenters. The normalized spacial score (nSPS) is 11.1. The van der Waals surface area contributed by atoms with Gasteiger partial charge in [-0.25, -0.2) is 5.43 Å². The first kappa shape index (κ1) is 18.5. The van der Waals surface area contributed by atoms with Gasteiger partial charge in [-0.1, -0.05) is 35.9 Å². The highest BCUT2D eigenvalue weighted by molar-refractivity contribution is 7.12. The Hall–Kier alpha value is -3.25. The molecule has 0 saturated heterocycles. The Labute approximate surface area is 161 Å². The Balaban J connectivity index is 1.68. The molecule has 2 amide bonds. The summed E-state index contributed by atoms with van der Waals surface area (Å²) in [5, 5.41) is 8.89. The van der Waals surface area contributed by atoms with Crippen molar-refractivity contribution in [1.82, 2.24) is 5.43 Å². The van der Waals surface area contributed by atoms with E-state index in [1.165, 1.54) is 11.3 Å². The number of nitrogens with zero attached hydrogens (tertiary/aromatic N) is 1. The minimum atomic E-state index is -0.267. The average Bonchev–Trinajstić information content (AvgIpc) is 3.21. The summed E-state index contributed by atoms with van der Waals surface area (Å²) >= 11 is 1.39. The molecule has 6 heteroatoms. The van der Waals surface area contributed by atoms with Gasteiger partial charge in [-0.3, -0.25) is 9.59 Å². The van der Waals surface area contributed by atoms with Gasteiger partial charge >= 0.3 is 0 Å². The van der Waals surface area contributed by atoms with E-state index in [1.807, 2.05) is 54.8 Å². The molecule has 0 radical (unpaired) electrons. The lowest BCUT2D eigenvalue weighted by atomic mass is 10.1. The van der Waals surface area contributed by atoms with Gasteiger partial charge in [-0.05, 0) is 55.1 Å².